The van der Waals surface area contributed by atoms with E-state index in [2.05, 4.69) is 0 Å². The third-order valence-electron chi connectivity index (χ3n) is 3.76. The molecule has 126 valence electrons. The molecule has 0 saturated carbocycles. The Balaban J connectivity index is 2.47. The Morgan fingerprint density at radius 3 is 2.17 bits per heavy atom. The summed E-state index contributed by atoms with van der Waals surface area (Å²) in [6.07, 6.45) is 0.631. The van der Waals surface area contributed by atoms with Gasteiger partial charge in [-0.15, -0.1) is 0 Å². The Bertz CT molecular complexity index is 720. The number of esters is 2. The molecule has 0 bridgehead atoms. The lowest BCUT2D eigenvalue weighted by atomic mass is 9.94. The van der Waals surface area contributed by atoms with Crippen molar-refractivity contribution in [3.8, 4) is 0 Å². The van der Waals surface area contributed by atoms with Crippen molar-refractivity contribution < 1.29 is 19.1 Å². The van der Waals surface area contributed by atoms with Gasteiger partial charge in [-0.3, -0.25) is 0 Å². The van der Waals surface area contributed by atoms with E-state index in [1.165, 1.54) is 0 Å². The molecule has 0 aliphatic heterocycles. The second kappa shape index (κ2) is 8.29. The van der Waals surface area contributed by atoms with Crippen LogP contribution in [-0.4, -0.2) is 25.2 Å². The number of carbonyl (C=O) groups excluding carboxylic acids is 2. The monoisotopic (exact) mass is 326 g/mol. The molecule has 0 aliphatic carbocycles. The van der Waals surface area contributed by atoms with Crippen LogP contribution in [0.2, 0.25) is 0 Å². The summed E-state index contributed by atoms with van der Waals surface area (Å²) < 4.78 is 10.2. The summed E-state index contributed by atoms with van der Waals surface area (Å²) in [5.41, 5.74) is 3.63. The standard InChI is InChI=1S/C20H22O4/c1-4-23-19(21)17-12-16(11-15-9-7-6-8-10-15)14(3)18(13-17)20(22)24-5-2/h6-10,12-13H,4-5,11H2,1-3H3. The maximum atomic E-state index is 12.2. The molecule has 2 aromatic rings. The fraction of sp³-hybridized carbons (Fsp3) is 0.300. The van der Waals surface area contributed by atoms with Crippen molar-refractivity contribution in [2.45, 2.75) is 27.2 Å². The van der Waals surface area contributed by atoms with Crippen LogP contribution in [0.1, 0.15) is 51.3 Å². The van der Waals surface area contributed by atoms with Gasteiger partial charge in [0.05, 0.1) is 24.3 Å². The van der Waals surface area contributed by atoms with E-state index in [0.29, 0.717) is 17.5 Å². The SMILES string of the molecule is CCOC(=O)c1cc(Cc2ccccc2)c(C)c(C(=O)OCC)c1. The minimum Gasteiger partial charge on any atom is -0.462 e. The minimum absolute atomic E-state index is 0.287. The van der Waals surface area contributed by atoms with Gasteiger partial charge in [0, 0.05) is 0 Å². The molecular formula is C20H22O4. The molecule has 0 aromatic heterocycles. The summed E-state index contributed by atoms with van der Waals surface area (Å²) in [6.45, 7) is 5.96. The summed E-state index contributed by atoms with van der Waals surface area (Å²) in [5, 5.41) is 0. The highest BCUT2D eigenvalue weighted by Gasteiger charge is 2.18. The average molecular weight is 326 g/mol. The lowest BCUT2D eigenvalue weighted by molar-refractivity contribution is 0.0524. The summed E-state index contributed by atoms with van der Waals surface area (Å²) >= 11 is 0. The maximum Gasteiger partial charge on any atom is 0.338 e. The normalized spacial score (nSPS) is 10.3. The number of carbonyl (C=O) groups is 2. The first-order valence-corrected chi connectivity index (χ1v) is 8.08. The van der Waals surface area contributed by atoms with Gasteiger partial charge in [-0.1, -0.05) is 30.3 Å². The molecule has 0 atom stereocenters. The van der Waals surface area contributed by atoms with Gasteiger partial charge in [0.2, 0.25) is 0 Å². The van der Waals surface area contributed by atoms with E-state index in [4.69, 9.17) is 9.47 Å². The minimum atomic E-state index is -0.433. The van der Waals surface area contributed by atoms with Gasteiger partial charge < -0.3 is 9.47 Å². The third kappa shape index (κ3) is 4.22. The van der Waals surface area contributed by atoms with Gasteiger partial charge in [0.1, 0.15) is 0 Å². The van der Waals surface area contributed by atoms with Crippen molar-refractivity contribution >= 4 is 11.9 Å². The lowest BCUT2D eigenvalue weighted by Gasteiger charge is -2.14. The van der Waals surface area contributed by atoms with Crippen molar-refractivity contribution in [3.05, 3.63) is 70.3 Å². The van der Waals surface area contributed by atoms with Crippen LogP contribution in [-0.2, 0) is 15.9 Å². The molecule has 4 nitrogen and oxygen atoms in total. The molecule has 0 heterocycles. The molecule has 0 aliphatic rings. The number of benzene rings is 2. The van der Waals surface area contributed by atoms with E-state index < -0.39 is 11.9 Å². The highest BCUT2D eigenvalue weighted by Crippen LogP contribution is 2.22. The summed E-state index contributed by atoms with van der Waals surface area (Å²) in [7, 11) is 0. The van der Waals surface area contributed by atoms with Gasteiger partial charge >= 0.3 is 11.9 Å². The van der Waals surface area contributed by atoms with Crippen LogP contribution >= 0.6 is 0 Å². The quantitative estimate of drug-likeness (QED) is 0.755. The first kappa shape index (κ1) is 17.7. The van der Waals surface area contributed by atoms with Crippen LogP contribution < -0.4 is 0 Å². The molecule has 0 unspecified atom stereocenters. The highest BCUT2D eigenvalue weighted by molar-refractivity contribution is 5.97. The van der Waals surface area contributed by atoms with Crippen LogP contribution in [0.25, 0.3) is 0 Å². The van der Waals surface area contributed by atoms with Crippen molar-refractivity contribution in [1.82, 2.24) is 0 Å². The zero-order chi connectivity index (χ0) is 17.5. The van der Waals surface area contributed by atoms with E-state index in [-0.39, 0.29) is 13.2 Å². The first-order valence-electron chi connectivity index (χ1n) is 8.08. The van der Waals surface area contributed by atoms with Crippen LogP contribution in [0, 0.1) is 6.92 Å². The zero-order valence-corrected chi connectivity index (χ0v) is 14.3. The van der Waals surface area contributed by atoms with Crippen molar-refractivity contribution in [3.63, 3.8) is 0 Å². The molecule has 2 aromatic carbocycles. The molecule has 4 heteroatoms. The van der Waals surface area contributed by atoms with Crippen LogP contribution in [0.4, 0.5) is 0 Å². The van der Waals surface area contributed by atoms with Gasteiger partial charge in [0.15, 0.2) is 0 Å². The van der Waals surface area contributed by atoms with Crippen LogP contribution in [0.15, 0.2) is 42.5 Å². The number of hydrogen-bond donors (Lipinski definition) is 0. The van der Waals surface area contributed by atoms with E-state index in [1.54, 1.807) is 26.0 Å². The summed E-state index contributed by atoms with van der Waals surface area (Å²) in [6, 6.07) is 13.3. The van der Waals surface area contributed by atoms with Gasteiger partial charge in [-0.2, -0.15) is 0 Å². The third-order valence-corrected chi connectivity index (χ3v) is 3.76. The summed E-state index contributed by atoms with van der Waals surface area (Å²) in [5.74, 6) is -0.854. The molecule has 0 saturated heterocycles. The number of ether oxygens (including phenoxy) is 2. The number of hydrogen-bond acceptors (Lipinski definition) is 4. The second-order valence-electron chi connectivity index (χ2n) is 5.41. The van der Waals surface area contributed by atoms with Crippen molar-refractivity contribution in [2.75, 3.05) is 13.2 Å². The molecule has 0 radical (unpaired) electrons. The Morgan fingerprint density at radius 1 is 0.917 bits per heavy atom. The topological polar surface area (TPSA) is 52.6 Å². The first-order chi connectivity index (χ1) is 11.6. The van der Waals surface area contributed by atoms with E-state index in [9.17, 15) is 9.59 Å². The molecule has 0 N–H and O–H groups in total. The van der Waals surface area contributed by atoms with Crippen molar-refractivity contribution in [2.24, 2.45) is 0 Å². The lowest BCUT2D eigenvalue weighted by Crippen LogP contribution is -2.13. The van der Waals surface area contributed by atoms with Crippen LogP contribution in [0.3, 0.4) is 0 Å². The fourth-order valence-electron chi connectivity index (χ4n) is 2.53. The molecule has 0 spiro atoms. The molecule has 0 fully saturated rings. The number of rotatable bonds is 6. The Morgan fingerprint density at radius 2 is 1.54 bits per heavy atom. The van der Waals surface area contributed by atoms with Crippen LogP contribution in [0.5, 0.6) is 0 Å². The summed E-state index contributed by atoms with van der Waals surface area (Å²) in [4.78, 5) is 24.3. The van der Waals surface area contributed by atoms with E-state index in [1.807, 2.05) is 37.3 Å². The largest absolute Gasteiger partial charge is 0.462 e. The average Bonchev–Trinajstić information content (AvgIpc) is 2.58. The Labute approximate surface area is 142 Å². The highest BCUT2D eigenvalue weighted by atomic mass is 16.5. The second-order valence-corrected chi connectivity index (χ2v) is 5.41. The van der Waals surface area contributed by atoms with Gasteiger partial charge in [0.25, 0.3) is 0 Å². The van der Waals surface area contributed by atoms with E-state index >= 15 is 0 Å². The smallest absolute Gasteiger partial charge is 0.338 e. The van der Waals surface area contributed by atoms with Crippen molar-refractivity contribution in [1.29, 1.82) is 0 Å². The predicted octanol–water partition coefficient (Wildman–Crippen LogP) is 3.94. The fourth-order valence-corrected chi connectivity index (χ4v) is 2.53. The van der Waals surface area contributed by atoms with E-state index in [0.717, 1.165) is 16.7 Å². The molecule has 24 heavy (non-hydrogen) atoms. The van der Waals surface area contributed by atoms with Gasteiger partial charge in [-0.05, 0) is 56.0 Å². The molecular weight excluding hydrogens is 304 g/mol. The zero-order valence-electron chi connectivity index (χ0n) is 14.3. The molecule has 2 rings (SSSR count). The Kier molecular flexibility index (Phi) is 6.13. The predicted molar refractivity (Wildman–Crippen MR) is 92.3 cm³/mol. The molecule has 0 amide bonds. The Hall–Kier alpha value is -2.62. The maximum absolute atomic E-state index is 12.2. The van der Waals surface area contributed by atoms with Gasteiger partial charge in [-0.25, -0.2) is 9.59 Å².